The second-order valence-electron chi connectivity index (χ2n) is 4.63. The summed E-state index contributed by atoms with van der Waals surface area (Å²) in [6.45, 7) is 5.13. The van der Waals surface area contributed by atoms with Crippen LogP contribution < -0.4 is 10.1 Å². The third kappa shape index (κ3) is 3.78. The predicted octanol–water partition coefficient (Wildman–Crippen LogP) is 4.07. The van der Waals surface area contributed by atoms with E-state index in [0.29, 0.717) is 11.6 Å². The summed E-state index contributed by atoms with van der Waals surface area (Å²) >= 11 is 0. The van der Waals surface area contributed by atoms with Gasteiger partial charge in [-0.2, -0.15) is 0 Å². The van der Waals surface area contributed by atoms with Gasteiger partial charge in [0.1, 0.15) is 11.6 Å². The lowest BCUT2D eigenvalue weighted by atomic mass is 10.1. The van der Waals surface area contributed by atoms with Gasteiger partial charge in [0.2, 0.25) is 5.88 Å². The average molecular weight is 274 g/mol. The largest absolute Gasteiger partial charge is 0.439 e. The molecule has 20 heavy (non-hydrogen) atoms. The third-order valence-corrected chi connectivity index (χ3v) is 3.00. The fourth-order valence-electron chi connectivity index (χ4n) is 1.90. The number of halogens is 1. The maximum Gasteiger partial charge on any atom is 0.223 e. The van der Waals surface area contributed by atoms with Gasteiger partial charge in [0.25, 0.3) is 0 Å². The lowest BCUT2D eigenvalue weighted by Crippen LogP contribution is -2.20. The number of hydrogen-bond donors (Lipinski definition) is 1. The number of rotatable bonds is 6. The van der Waals surface area contributed by atoms with E-state index in [2.05, 4.69) is 24.1 Å². The normalized spacial score (nSPS) is 12.2. The van der Waals surface area contributed by atoms with Gasteiger partial charge < -0.3 is 10.1 Å². The average Bonchev–Trinajstić information content (AvgIpc) is 2.48. The van der Waals surface area contributed by atoms with E-state index in [1.807, 2.05) is 12.1 Å². The number of nitrogens with zero attached hydrogens (tertiary/aromatic N) is 1. The zero-order valence-corrected chi connectivity index (χ0v) is 11.8. The Balaban J connectivity index is 2.17. The molecule has 0 radical (unpaired) electrons. The highest BCUT2D eigenvalue weighted by Crippen LogP contribution is 2.27. The van der Waals surface area contributed by atoms with Crippen LogP contribution in [0.15, 0.2) is 42.6 Å². The summed E-state index contributed by atoms with van der Waals surface area (Å²) in [6.07, 6.45) is 2.76. The molecule has 2 rings (SSSR count). The summed E-state index contributed by atoms with van der Waals surface area (Å²) in [6, 6.07) is 9.96. The standard InChI is InChI=1S/C16H19FN2O/c1-3-10-18-12(2)15-5-4-11-19-16(15)20-14-8-6-13(17)7-9-14/h4-9,11-12,18H,3,10H2,1-2H3. The molecule has 2 aromatic rings. The van der Waals surface area contributed by atoms with Crippen molar-refractivity contribution in [2.45, 2.75) is 26.3 Å². The minimum absolute atomic E-state index is 0.152. The van der Waals surface area contributed by atoms with Crippen molar-refractivity contribution >= 4 is 0 Å². The van der Waals surface area contributed by atoms with Gasteiger partial charge in [-0.05, 0) is 50.2 Å². The highest BCUT2D eigenvalue weighted by molar-refractivity contribution is 5.34. The van der Waals surface area contributed by atoms with E-state index in [9.17, 15) is 4.39 Å². The van der Waals surface area contributed by atoms with Gasteiger partial charge in [-0.3, -0.25) is 0 Å². The Kier molecular flexibility index (Phi) is 5.07. The van der Waals surface area contributed by atoms with Crippen molar-refractivity contribution in [3.8, 4) is 11.6 Å². The zero-order chi connectivity index (χ0) is 14.4. The van der Waals surface area contributed by atoms with Gasteiger partial charge in [0.15, 0.2) is 0 Å². The highest BCUT2D eigenvalue weighted by atomic mass is 19.1. The lowest BCUT2D eigenvalue weighted by Gasteiger charge is -2.16. The van der Waals surface area contributed by atoms with Crippen LogP contribution in [0.5, 0.6) is 11.6 Å². The summed E-state index contributed by atoms with van der Waals surface area (Å²) in [5, 5.41) is 3.40. The molecule has 0 bridgehead atoms. The highest BCUT2D eigenvalue weighted by Gasteiger charge is 2.12. The molecule has 1 unspecified atom stereocenters. The number of aromatic nitrogens is 1. The Morgan fingerprint density at radius 3 is 2.70 bits per heavy atom. The summed E-state index contributed by atoms with van der Waals surface area (Å²) in [5.41, 5.74) is 0.991. The number of nitrogens with one attached hydrogen (secondary N) is 1. The number of pyridine rings is 1. The Hall–Kier alpha value is -1.94. The van der Waals surface area contributed by atoms with E-state index in [1.165, 1.54) is 12.1 Å². The SMILES string of the molecule is CCCNC(C)c1cccnc1Oc1ccc(F)cc1. The number of hydrogen-bond acceptors (Lipinski definition) is 3. The molecule has 3 nitrogen and oxygen atoms in total. The number of benzene rings is 1. The molecule has 1 atom stereocenters. The first kappa shape index (κ1) is 14.5. The smallest absolute Gasteiger partial charge is 0.223 e. The molecule has 0 spiro atoms. The van der Waals surface area contributed by atoms with Crippen molar-refractivity contribution in [3.63, 3.8) is 0 Å². The van der Waals surface area contributed by atoms with Crippen molar-refractivity contribution in [2.24, 2.45) is 0 Å². The van der Waals surface area contributed by atoms with Gasteiger partial charge in [0.05, 0.1) is 0 Å². The maximum atomic E-state index is 12.9. The molecule has 0 aliphatic carbocycles. The van der Waals surface area contributed by atoms with Crippen LogP contribution in [0.2, 0.25) is 0 Å². The van der Waals surface area contributed by atoms with Crippen LogP contribution >= 0.6 is 0 Å². The minimum Gasteiger partial charge on any atom is -0.439 e. The quantitative estimate of drug-likeness (QED) is 0.862. The van der Waals surface area contributed by atoms with E-state index < -0.39 is 0 Å². The van der Waals surface area contributed by atoms with E-state index in [1.54, 1.807) is 18.3 Å². The predicted molar refractivity (Wildman–Crippen MR) is 77.4 cm³/mol. The fraction of sp³-hybridized carbons (Fsp3) is 0.312. The summed E-state index contributed by atoms with van der Waals surface area (Å²) < 4.78 is 18.6. The second kappa shape index (κ2) is 7.01. The van der Waals surface area contributed by atoms with E-state index in [0.717, 1.165) is 18.5 Å². The molecule has 106 valence electrons. The number of ether oxygens (including phenoxy) is 1. The van der Waals surface area contributed by atoms with Crippen molar-refractivity contribution in [1.29, 1.82) is 0 Å². The van der Waals surface area contributed by atoms with Gasteiger partial charge in [0, 0.05) is 17.8 Å². The lowest BCUT2D eigenvalue weighted by molar-refractivity contribution is 0.441. The molecular formula is C16H19FN2O. The van der Waals surface area contributed by atoms with Crippen molar-refractivity contribution in [1.82, 2.24) is 10.3 Å². The first-order valence-corrected chi connectivity index (χ1v) is 6.82. The van der Waals surface area contributed by atoms with Crippen LogP contribution in [-0.4, -0.2) is 11.5 Å². The van der Waals surface area contributed by atoms with Gasteiger partial charge in [-0.15, -0.1) is 0 Å². The second-order valence-corrected chi connectivity index (χ2v) is 4.63. The molecule has 0 fully saturated rings. The topological polar surface area (TPSA) is 34.2 Å². The molecule has 0 saturated carbocycles. The molecular weight excluding hydrogens is 255 g/mol. The van der Waals surface area contributed by atoms with Crippen molar-refractivity contribution in [2.75, 3.05) is 6.54 Å². The molecule has 1 N–H and O–H groups in total. The van der Waals surface area contributed by atoms with E-state index >= 15 is 0 Å². The molecule has 1 aromatic carbocycles. The van der Waals surface area contributed by atoms with Gasteiger partial charge in [-0.1, -0.05) is 13.0 Å². The Morgan fingerprint density at radius 2 is 2.00 bits per heavy atom. The Labute approximate surface area is 118 Å². The third-order valence-electron chi connectivity index (χ3n) is 3.00. The minimum atomic E-state index is -0.281. The Bertz CT molecular complexity index is 542. The zero-order valence-electron chi connectivity index (χ0n) is 11.8. The van der Waals surface area contributed by atoms with Crippen LogP contribution in [0.1, 0.15) is 31.9 Å². The molecule has 1 heterocycles. The molecule has 0 saturated heterocycles. The first-order valence-electron chi connectivity index (χ1n) is 6.82. The molecule has 0 amide bonds. The van der Waals surface area contributed by atoms with Crippen molar-refractivity contribution < 1.29 is 9.13 Å². The van der Waals surface area contributed by atoms with E-state index in [4.69, 9.17) is 4.74 Å². The molecule has 1 aromatic heterocycles. The molecule has 0 aliphatic heterocycles. The van der Waals surface area contributed by atoms with Crippen LogP contribution in [0.4, 0.5) is 4.39 Å². The summed E-state index contributed by atoms with van der Waals surface area (Å²) in [4.78, 5) is 4.27. The summed E-state index contributed by atoms with van der Waals surface area (Å²) in [5.74, 6) is 0.848. The summed E-state index contributed by atoms with van der Waals surface area (Å²) in [7, 11) is 0. The van der Waals surface area contributed by atoms with E-state index in [-0.39, 0.29) is 11.9 Å². The molecule has 0 aliphatic rings. The molecule has 4 heteroatoms. The fourth-order valence-corrected chi connectivity index (χ4v) is 1.90. The van der Waals surface area contributed by atoms with Gasteiger partial charge in [-0.25, -0.2) is 9.37 Å². The first-order chi connectivity index (χ1) is 9.70. The maximum absolute atomic E-state index is 12.9. The van der Waals surface area contributed by atoms with Crippen LogP contribution in [0.25, 0.3) is 0 Å². The van der Waals surface area contributed by atoms with Crippen LogP contribution in [0, 0.1) is 5.82 Å². The Morgan fingerprint density at radius 1 is 1.25 bits per heavy atom. The van der Waals surface area contributed by atoms with Crippen LogP contribution in [-0.2, 0) is 0 Å². The van der Waals surface area contributed by atoms with Crippen molar-refractivity contribution in [3.05, 3.63) is 54.0 Å². The van der Waals surface area contributed by atoms with Crippen LogP contribution in [0.3, 0.4) is 0 Å². The monoisotopic (exact) mass is 274 g/mol. The van der Waals surface area contributed by atoms with Gasteiger partial charge >= 0.3 is 0 Å².